The van der Waals surface area contributed by atoms with Crippen molar-refractivity contribution in [2.24, 2.45) is 5.92 Å². The Morgan fingerprint density at radius 1 is 1.19 bits per heavy atom. The van der Waals surface area contributed by atoms with E-state index in [1.165, 1.54) is 0 Å². The molecular formula is C11H17BrO4. The van der Waals surface area contributed by atoms with Gasteiger partial charge in [0.05, 0.1) is 13.2 Å². The molecule has 4 nitrogen and oxygen atoms in total. The molecular weight excluding hydrogens is 276 g/mol. The lowest BCUT2D eigenvalue weighted by Gasteiger charge is -2.22. The molecule has 1 saturated carbocycles. The summed E-state index contributed by atoms with van der Waals surface area (Å²) >= 11 is 3.21. The molecule has 0 amide bonds. The highest BCUT2D eigenvalue weighted by Crippen LogP contribution is 2.41. The van der Waals surface area contributed by atoms with E-state index in [1.54, 1.807) is 13.8 Å². The van der Waals surface area contributed by atoms with E-state index in [1.807, 2.05) is 0 Å². The van der Waals surface area contributed by atoms with Crippen molar-refractivity contribution in [3.63, 3.8) is 0 Å². The Morgan fingerprint density at radius 3 is 1.94 bits per heavy atom. The third-order valence-corrected chi connectivity index (χ3v) is 3.44. The van der Waals surface area contributed by atoms with E-state index in [2.05, 4.69) is 15.9 Å². The van der Waals surface area contributed by atoms with E-state index in [-0.39, 0.29) is 13.2 Å². The van der Waals surface area contributed by atoms with Crippen LogP contribution in [0.2, 0.25) is 0 Å². The summed E-state index contributed by atoms with van der Waals surface area (Å²) in [6.07, 6.45) is 2.59. The Hall–Kier alpha value is -0.580. The van der Waals surface area contributed by atoms with Crippen LogP contribution in [-0.2, 0) is 19.1 Å². The number of ether oxygens (including phenoxy) is 2. The van der Waals surface area contributed by atoms with Crippen molar-refractivity contribution in [1.82, 2.24) is 0 Å². The quantitative estimate of drug-likeness (QED) is 0.427. The van der Waals surface area contributed by atoms with E-state index < -0.39 is 16.3 Å². The average Bonchev–Trinajstić information content (AvgIpc) is 3.02. The van der Waals surface area contributed by atoms with E-state index in [4.69, 9.17) is 9.47 Å². The predicted octanol–water partition coefficient (Wildman–Crippen LogP) is 2.05. The molecule has 0 radical (unpaired) electrons. The zero-order valence-electron chi connectivity index (χ0n) is 9.62. The molecule has 0 aromatic heterocycles. The van der Waals surface area contributed by atoms with Crippen LogP contribution in [0.4, 0.5) is 0 Å². The van der Waals surface area contributed by atoms with Gasteiger partial charge in [-0.3, -0.25) is 0 Å². The fourth-order valence-electron chi connectivity index (χ4n) is 1.46. The fourth-order valence-corrected chi connectivity index (χ4v) is 2.15. The Morgan fingerprint density at radius 2 is 1.62 bits per heavy atom. The van der Waals surface area contributed by atoms with E-state index in [9.17, 15) is 9.59 Å². The first-order chi connectivity index (χ1) is 7.54. The summed E-state index contributed by atoms with van der Waals surface area (Å²) < 4.78 is 8.53. The zero-order chi connectivity index (χ0) is 12.2. The second-order valence-electron chi connectivity index (χ2n) is 3.89. The van der Waals surface area contributed by atoms with E-state index in [0.717, 1.165) is 12.8 Å². The van der Waals surface area contributed by atoms with Gasteiger partial charge in [0.25, 0.3) is 0 Å². The van der Waals surface area contributed by atoms with Crippen molar-refractivity contribution in [3.05, 3.63) is 0 Å². The summed E-state index contributed by atoms with van der Waals surface area (Å²) in [5.41, 5.74) is 0. The molecule has 1 fully saturated rings. The molecule has 0 aromatic rings. The molecule has 1 aliphatic carbocycles. The smallest absolute Gasteiger partial charge is 0.334 e. The average molecular weight is 293 g/mol. The van der Waals surface area contributed by atoms with E-state index in [0.29, 0.717) is 12.3 Å². The first-order valence-electron chi connectivity index (χ1n) is 5.58. The van der Waals surface area contributed by atoms with Gasteiger partial charge in [0, 0.05) is 0 Å². The first kappa shape index (κ1) is 13.5. The lowest BCUT2D eigenvalue weighted by atomic mass is 10.0. The number of carbonyl (C=O) groups excluding carboxylic acids is 2. The minimum absolute atomic E-state index is 0.260. The number of rotatable bonds is 6. The molecule has 0 saturated heterocycles. The molecule has 5 heteroatoms. The van der Waals surface area contributed by atoms with Gasteiger partial charge in [-0.2, -0.15) is 0 Å². The summed E-state index contributed by atoms with van der Waals surface area (Å²) in [5, 5.41) is 0. The topological polar surface area (TPSA) is 52.6 Å². The third kappa shape index (κ3) is 3.20. The predicted molar refractivity (Wildman–Crippen MR) is 62.3 cm³/mol. The maximum absolute atomic E-state index is 11.8. The Bertz CT molecular complexity index is 255. The SMILES string of the molecule is CCOC(=O)C(Br)(CC1CC1)C(=O)OCC. The standard InChI is InChI=1S/C11H17BrO4/c1-3-15-9(13)11(12,7-8-5-6-8)10(14)16-4-2/h8H,3-7H2,1-2H3. The first-order valence-corrected chi connectivity index (χ1v) is 6.37. The molecule has 92 valence electrons. The highest BCUT2D eigenvalue weighted by atomic mass is 79.9. The van der Waals surface area contributed by atoms with Crippen molar-refractivity contribution >= 4 is 27.9 Å². The van der Waals surface area contributed by atoms with Crippen molar-refractivity contribution in [2.45, 2.75) is 37.4 Å². The van der Waals surface area contributed by atoms with Crippen LogP contribution >= 0.6 is 15.9 Å². The molecule has 16 heavy (non-hydrogen) atoms. The molecule has 0 N–H and O–H groups in total. The third-order valence-electron chi connectivity index (χ3n) is 2.46. The normalized spacial score (nSPS) is 15.7. The van der Waals surface area contributed by atoms with Crippen LogP contribution in [0, 0.1) is 5.92 Å². The van der Waals surface area contributed by atoms with Crippen LogP contribution in [0.3, 0.4) is 0 Å². The van der Waals surface area contributed by atoms with Gasteiger partial charge in [-0.25, -0.2) is 9.59 Å². The molecule has 0 aromatic carbocycles. The maximum Gasteiger partial charge on any atom is 0.334 e. The zero-order valence-corrected chi connectivity index (χ0v) is 11.2. The molecule has 0 spiro atoms. The van der Waals surface area contributed by atoms with Gasteiger partial charge in [-0.15, -0.1) is 0 Å². The van der Waals surface area contributed by atoms with Gasteiger partial charge in [0.2, 0.25) is 4.32 Å². The van der Waals surface area contributed by atoms with Crippen LogP contribution in [0.5, 0.6) is 0 Å². The molecule has 1 rings (SSSR count). The van der Waals surface area contributed by atoms with Gasteiger partial charge in [0.1, 0.15) is 0 Å². The van der Waals surface area contributed by atoms with Crippen molar-refractivity contribution in [2.75, 3.05) is 13.2 Å². The van der Waals surface area contributed by atoms with Crippen LogP contribution in [0.25, 0.3) is 0 Å². The van der Waals surface area contributed by atoms with Crippen LogP contribution in [0.15, 0.2) is 0 Å². The van der Waals surface area contributed by atoms with Crippen LogP contribution in [0.1, 0.15) is 33.1 Å². The minimum Gasteiger partial charge on any atom is -0.465 e. The minimum atomic E-state index is -1.31. The molecule has 0 aliphatic heterocycles. The summed E-state index contributed by atoms with van der Waals surface area (Å²) in [6, 6.07) is 0. The summed E-state index contributed by atoms with van der Waals surface area (Å²) in [4.78, 5) is 23.5. The van der Waals surface area contributed by atoms with Gasteiger partial charge in [0.15, 0.2) is 0 Å². The second kappa shape index (κ2) is 5.66. The Labute approximate surface area is 104 Å². The highest BCUT2D eigenvalue weighted by Gasteiger charge is 2.49. The van der Waals surface area contributed by atoms with Crippen molar-refractivity contribution in [1.29, 1.82) is 0 Å². The Kier molecular flexibility index (Phi) is 4.77. The summed E-state index contributed by atoms with van der Waals surface area (Å²) in [6.45, 7) is 3.95. The number of esters is 2. The number of hydrogen-bond acceptors (Lipinski definition) is 4. The monoisotopic (exact) mass is 292 g/mol. The summed E-state index contributed by atoms with van der Waals surface area (Å²) in [7, 11) is 0. The lowest BCUT2D eigenvalue weighted by Crippen LogP contribution is -2.43. The molecule has 0 atom stereocenters. The largest absolute Gasteiger partial charge is 0.465 e. The molecule has 0 bridgehead atoms. The van der Waals surface area contributed by atoms with Gasteiger partial charge >= 0.3 is 11.9 Å². The van der Waals surface area contributed by atoms with Crippen LogP contribution in [-0.4, -0.2) is 29.5 Å². The van der Waals surface area contributed by atoms with Gasteiger partial charge in [-0.1, -0.05) is 28.8 Å². The number of alkyl halides is 1. The Balaban J connectivity index is 2.72. The number of halogens is 1. The molecule has 0 unspecified atom stereocenters. The highest BCUT2D eigenvalue weighted by molar-refractivity contribution is 9.10. The van der Waals surface area contributed by atoms with Crippen molar-refractivity contribution < 1.29 is 19.1 Å². The van der Waals surface area contributed by atoms with E-state index >= 15 is 0 Å². The maximum atomic E-state index is 11.8. The number of hydrogen-bond donors (Lipinski definition) is 0. The van der Waals surface area contributed by atoms with Crippen LogP contribution < -0.4 is 0 Å². The fraction of sp³-hybridized carbons (Fsp3) is 0.818. The lowest BCUT2D eigenvalue weighted by molar-refractivity contribution is -0.158. The second-order valence-corrected chi connectivity index (χ2v) is 5.24. The molecule has 1 aliphatic rings. The van der Waals surface area contributed by atoms with Gasteiger partial charge < -0.3 is 9.47 Å². The van der Waals surface area contributed by atoms with Crippen molar-refractivity contribution in [3.8, 4) is 0 Å². The summed E-state index contributed by atoms with van der Waals surface area (Å²) in [5.74, 6) is -0.658. The van der Waals surface area contributed by atoms with Gasteiger partial charge in [-0.05, 0) is 26.2 Å². The molecule has 0 heterocycles. The number of carbonyl (C=O) groups is 2.